The maximum atomic E-state index is 7.13. The molecule has 0 N–H and O–H groups in total. The lowest BCUT2D eigenvalue weighted by Crippen LogP contribution is -2.66. The lowest BCUT2D eigenvalue weighted by atomic mass is 9.91. The van der Waals surface area contributed by atoms with Gasteiger partial charge in [0.05, 0.1) is 12.7 Å². The van der Waals surface area contributed by atoms with Crippen molar-refractivity contribution in [2.24, 2.45) is 11.8 Å². The summed E-state index contributed by atoms with van der Waals surface area (Å²) in [6, 6.07) is 21.8. The van der Waals surface area contributed by atoms with E-state index in [2.05, 4.69) is 95.3 Å². The van der Waals surface area contributed by atoms with Gasteiger partial charge in [-0.05, 0) is 53.9 Å². The number of ether oxygens (including phenoxy) is 2. The maximum absolute atomic E-state index is 7.13. The highest BCUT2D eigenvalue weighted by Gasteiger charge is 2.50. The Kier molecular flexibility index (Phi) is 8.03. The van der Waals surface area contributed by atoms with Crippen molar-refractivity contribution in [2.45, 2.75) is 78.2 Å². The molecule has 0 saturated carbocycles. The molecule has 1 aliphatic heterocycles. The monoisotopic (exact) mass is 454 g/mol. The second kappa shape index (κ2) is 10.2. The molecule has 1 saturated heterocycles. The van der Waals surface area contributed by atoms with E-state index >= 15 is 0 Å². The third kappa shape index (κ3) is 5.71. The van der Waals surface area contributed by atoms with Crippen molar-refractivity contribution in [3.8, 4) is 0 Å². The Morgan fingerprint density at radius 2 is 1.50 bits per heavy atom. The van der Waals surface area contributed by atoms with Crippen LogP contribution in [-0.4, -0.2) is 33.4 Å². The van der Waals surface area contributed by atoms with Crippen molar-refractivity contribution < 1.29 is 13.9 Å². The van der Waals surface area contributed by atoms with Gasteiger partial charge in [0.15, 0.2) is 5.79 Å². The van der Waals surface area contributed by atoms with Crippen LogP contribution in [-0.2, 0) is 13.9 Å². The van der Waals surface area contributed by atoms with Gasteiger partial charge in [0.1, 0.15) is 0 Å². The Morgan fingerprint density at radius 1 is 0.969 bits per heavy atom. The highest BCUT2D eigenvalue weighted by Crippen LogP contribution is 2.37. The van der Waals surface area contributed by atoms with Crippen molar-refractivity contribution in [1.29, 1.82) is 0 Å². The van der Waals surface area contributed by atoms with Gasteiger partial charge in [0.2, 0.25) is 0 Å². The first-order valence-electron chi connectivity index (χ1n) is 12.1. The molecule has 3 rings (SSSR count). The van der Waals surface area contributed by atoms with Crippen LogP contribution in [0.5, 0.6) is 0 Å². The second-order valence-corrected chi connectivity index (χ2v) is 15.3. The molecule has 2 aromatic carbocycles. The Morgan fingerprint density at radius 3 is 1.97 bits per heavy atom. The molecule has 2 aromatic rings. The standard InChI is InChI=1S/C28H42O3Si/c1-22(20-23(2)26-18-19-29-28(6,7)31-26)21-30-32(27(3,4)5,24-14-10-8-11-15-24)25-16-12-9-13-17-25/h8-17,22-23,26H,18-21H2,1-7H3/t22-,23+,26+/m0/s1. The van der Waals surface area contributed by atoms with Gasteiger partial charge in [0, 0.05) is 6.61 Å². The molecular formula is C28H42O3Si. The van der Waals surface area contributed by atoms with Crippen molar-refractivity contribution in [3.05, 3.63) is 60.7 Å². The molecule has 0 aromatic heterocycles. The Balaban J connectivity index is 1.80. The summed E-state index contributed by atoms with van der Waals surface area (Å²) < 4.78 is 19.1. The zero-order chi connectivity index (χ0) is 23.4. The molecule has 4 heteroatoms. The molecule has 0 aliphatic carbocycles. The first-order valence-corrected chi connectivity index (χ1v) is 14.0. The van der Waals surface area contributed by atoms with Crippen molar-refractivity contribution in [2.75, 3.05) is 13.2 Å². The fraction of sp³-hybridized carbons (Fsp3) is 0.571. The van der Waals surface area contributed by atoms with E-state index in [9.17, 15) is 0 Å². The third-order valence-electron chi connectivity index (χ3n) is 6.70. The van der Waals surface area contributed by atoms with Gasteiger partial charge in [-0.2, -0.15) is 0 Å². The predicted molar refractivity (Wildman–Crippen MR) is 136 cm³/mol. The zero-order valence-corrected chi connectivity index (χ0v) is 22.1. The minimum Gasteiger partial charge on any atom is -0.407 e. The van der Waals surface area contributed by atoms with Crippen LogP contribution in [0.2, 0.25) is 5.04 Å². The molecule has 0 spiro atoms. The molecule has 176 valence electrons. The quantitative estimate of drug-likeness (QED) is 0.474. The van der Waals surface area contributed by atoms with Crippen LogP contribution in [0.1, 0.15) is 61.3 Å². The molecule has 3 atom stereocenters. The summed E-state index contributed by atoms with van der Waals surface area (Å²) in [5.41, 5.74) is 0. The Hall–Kier alpha value is -1.46. The van der Waals surface area contributed by atoms with E-state index in [1.807, 2.05) is 13.8 Å². The van der Waals surface area contributed by atoms with Gasteiger partial charge >= 0.3 is 0 Å². The fourth-order valence-corrected chi connectivity index (χ4v) is 9.85. The Labute approximate surface area is 196 Å². The summed E-state index contributed by atoms with van der Waals surface area (Å²) in [7, 11) is -2.48. The van der Waals surface area contributed by atoms with Gasteiger partial charge < -0.3 is 13.9 Å². The fourth-order valence-electron chi connectivity index (χ4n) is 5.16. The average Bonchev–Trinajstić information content (AvgIpc) is 2.74. The highest BCUT2D eigenvalue weighted by molar-refractivity contribution is 6.99. The van der Waals surface area contributed by atoms with Crippen LogP contribution in [0.3, 0.4) is 0 Å². The van der Waals surface area contributed by atoms with E-state index in [4.69, 9.17) is 13.9 Å². The van der Waals surface area contributed by atoms with E-state index in [0.717, 1.165) is 26.1 Å². The topological polar surface area (TPSA) is 27.7 Å². The summed E-state index contributed by atoms with van der Waals surface area (Å²) in [6.45, 7) is 17.2. The molecule has 0 bridgehead atoms. The molecule has 1 fully saturated rings. The second-order valence-electron chi connectivity index (χ2n) is 11.0. The van der Waals surface area contributed by atoms with Crippen molar-refractivity contribution >= 4 is 18.7 Å². The van der Waals surface area contributed by atoms with Gasteiger partial charge in [-0.25, -0.2) is 0 Å². The Bertz CT molecular complexity index is 789. The van der Waals surface area contributed by atoms with Crippen LogP contribution in [0.25, 0.3) is 0 Å². The normalized spacial score (nSPS) is 21.2. The molecule has 3 nitrogen and oxygen atoms in total. The van der Waals surface area contributed by atoms with Crippen LogP contribution < -0.4 is 10.4 Å². The van der Waals surface area contributed by atoms with E-state index in [-0.39, 0.29) is 11.1 Å². The number of rotatable bonds is 8. The summed E-state index contributed by atoms with van der Waals surface area (Å²) in [4.78, 5) is 0. The van der Waals surface area contributed by atoms with Gasteiger partial charge in [0.25, 0.3) is 8.32 Å². The van der Waals surface area contributed by atoms with Crippen LogP contribution in [0.4, 0.5) is 0 Å². The number of benzene rings is 2. The molecular weight excluding hydrogens is 412 g/mol. The molecule has 1 aliphatic rings. The van der Waals surface area contributed by atoms with Crippen LogP contribution in [0, 0.1) is 11.8 Å². The van der Waals surface area contributed by atoms with E-state index in [1.165, 1.54) is 10.4 Å². The minimum absolute atomic E-state index is 0.00882. The molecule has 0 amide bonds. The molecule has 1 heterocycles. The first kappa shape index (κ1) is 25.2. The minimum atomic E-state index is -2.48. The number of hydrogen-bond acceptors (Lipinski definition) is 3. The first-order chi connectivity index (χ1) is 15.1. The third-order valence-corrected chi connectivity index (χ3v) is 11.7. The smallest absolute Gasteiger partial charge is 0.261 e. The average molecular weight is 455 g/mol. The highest BCUT2D eigenvalue weighted by atomic mass is 28.4. The van der Waals surface area contributed by atoms with Crippen LogP contribution in [0.15, 0.2) is 60.7 Å². The number of hydrogen-bond donors (Lipinski definition) is 0. The maximum Gasteiger partial charge on any atom is 0.261 e. The summed E-state index contributed by atoms with van der Waals surface area (Å²) in [6.07, 6.45) is 2.29. The SMILES string of the molecule is C[C@H](CO[Si](c1ccccc1)(c1ccccc1)C(C)(C)C)C[C@@H](C)[C@H]1CCOC(C)(C)O1. The zero-order valence-electron chi connectivity index (χ0n) is 21.1. The van der Waals surface area contributed by atoms with E-state index in [0.29, 0.717) is 11.8 Å². The van der Waals surface area contributed by atoms with Gasteiger partial charge in [-0.3, -0.25) is 0 Å². The van der Waals surface area contributed by atoms with Gasteiger partial charge in [-0.1, -0.05) is 95.3 Å². The predicted octanol–water partition coefficient (Wildman–Crippen LogP) is 5.77. The van der Waals surface area contributed by atoms with E-state index < -0.39 is 14.1 Å². The summed E-state index contributed by atoms with van der Waals surface area (Å²) in [5, 5.41) is 2.69. The van der Waals surface area contributed by atoms with E-state index in [1.54, 1.807) is 0 Å². The molecule has 0 unspecified atom stereocenters. The summed E-state index contributed by atoms with van der Waals surface area (Å²) in [5.74, 6) is 0.434. The van der Waals surface area contributed by atoms with Crippen LogP contribution >= 0.6 is 0 Å². The lowest BCUT2D eigenvalue weighted by Gasteiger charge is -2.44. The molecule has 32 heavy (non-hydrogen) atoms. The van der Waals surface area contributed by atoms with Crippen molar-refractivity contribution in [3.63, 3.8) is 0 Å². The molecule has 0 radical (unpaired) electrons. The van der Waals surface area contributed by atoms with Gasteiger partial charge in [-0.15, -0.1) is 0 Å². The largest absolute Gasteiger partial charge is 0.407 e. The van der Waals surface area contributed by atoms with Crippen molar-refractivity contribution in [1.82, 2.24) is 0 Å². The lowest BCUT2D eigenvalue weighted by molar-refractivity contribution is -0.282. The summed E-state index contributed by atoms with van der Waals surface area (Å²) >= 11 is 0.